The molecular formula is C12H14O3. The lowest BCUT2D eigenvalue weighted by Crippen LogP contribution is -1.99. The first-order valence-electron chi connectivity index (χ1n) is 4.81. The summed E-state index contributed by atoms with van der Waals surface area (Å²) in [6.07, 6.45) is 2.62. The average molecular weight is 206 g/mol. The van der Waals surface area contributed by atoms with Crippen LogP contribution in [0.15, 0.2) is 42.7 Å². The Morgan fingerprint density at radius 2 is 2.07 bits per heavy atom. The number of hydrogen-bond donors (Lipinski definition) is 0. The van der Waals surface area contributed by atoms with Gasteiger partial charge in [0.05, 0.1) is 18.9 Å². The number of benzene rings is 1. The van der Waals surface area contributed by atoms with Gasteiger partial charge in [-0.1, -0.05) is 30.3 Å². The smallest absolute Gasteiger partial charge is 0.333 e. The average Bonchev–Trinajstić information content (AvgIpc) is 2.26. The lowest BCUT2D eigenvalue weighted by molar-refractivity contribution is -0.137. The zero-order valence-corrected chi connectivity index (χ0v) is 8.68. The van der Waals surface area contributed by atoms with Crippen molar-refractivity contribution in [2.45, 2.75) is 13.5 Å². The van der Waals surface area contributed by atoms with Gasteiger partial charge in [-0.3, -0.25) is 0 Å². The van der Waals surface area contributed by atoms with Gasteiger partial charge in [0.15, 0.2) is 0 Å². The number of carbonyl (C=O) groups excluding carboxylic acids is 1. The van der Waals surface area contributed by atoms with E-state index in [1.807, 2.05) is 30.3 Å². The third kappa shape index (κ3) is 4.86. The topological polar surface area (TPSA) is 35.5 Å². The first-order chi connectivity index (χ1) is 7.33. The van der Waals surface area contributed by atoms with Gasteiger partial charge >= 0.3 is 5.97 Å². The van der Waals surface area contributed by atoms with Crippen molar-refractivity contribution in [3.63, 3.8) is 0 Å². The highest BCUT2D eigenvalue weighted by Gasteiger charge is 1.93. The maximum Gasteiger partial charge on any atom is 0.333 e. The van der Waals surface area contributed by atoms with Crippen LogP contribution in [0.3, 0.4) is 0 Å². The van der Waals surface area contributed by atoms with Crippen molar-refractivity contribution in [2.24, 2.45) is 0 Å². The Labute approximate surface area is 89.3 Å². The van der Waals surface area contributed by atoms with Crippen molar-refractivity contribution in [3.8, 4) is 0 Å². The van der Waals surface area contributed by atoms with E-state index in [9.17, 15) is 4.79 Å². The van der Waals surface area contributed by atoms with Gasteiger partial charge in [0.2, 0.25) is 0 Å². The van der Waals surface area contributed by atoms with Crippen molar-refractivity contribution in [2.75, 3.05) is 6.61 Å². The largest absolute Gasteiger partial charge is 0.496 e. The molecule has 0 saturated carbocycles. The Morgan fingerprint density at radius 3 is 2.73 bits per heavy atom. The number of carbonyl (C=O) groups is 1. The lowest BCUT2D eigenvalue weighted by Gasteiger charge is -2.00. The fourth-order valence-electron chi connectivity index (χ4n) is 1.01. The second-order valence-electron chi connectivity index (χ2n) is 2.85. The van der Waals surface area contributed by atoms with Crippen molar-refractivity contribution in [3.05, 3.63) is 48.2 Å². The van der Waals surface area contributed by atoms with E-state index in [0.717, 1.165) is 5.56 Å². The van der Waals surface area contributed by atoms with Crippen LogP contribution in [-0.2, 0) is 20.9 Å². The predicted molar refractivity (Wildman–Crippen MR) is 57.0 cm³/mol. The number of esters is 1. The quantitative estimate of drug-likeness (QED) is 0.421. The van der Waals surface area contributed by atoms with Gasteiger partial charge in [-0.2, -0.15) is 0 Å². The lowest BCUT2D eigenvalue weighted by atomic mass is 10.2. The van der Waals surface area contributed by atoms with E-state index in [1.54, 1.807) is 6.92 Å². The standard InChI is InChI=1S/C12H14O3/c1-2-15-12(13)8-9-14-10-11-6-4-3-5-7-11/h3-9H,2,10H2,1H3. The molecule has 0 bridgehead atoms. The van der Waals surface area contributed by atoms with Gasteiger partial charge in [-0.05, 0) is 12.5 Å². The Kier molecular flexibility index (Phi) is 5.01. The van der Waals surface area contributed by atoms with E-state index in [0.29, 0.717) is 13.2 Å². The first-order valence-corrected chi connectivity index (χ1v) is 4.81. The molecule has 0 atom stereocenters. The van der Waals surface area contributed by atoms with Crippen LogP contribution >= 0.6 is 0 Å². The molecule has 15 heavy (non-hydrogen) atoms. The van der Waals surface area contributed by atoms with E-state index in [1.165, 1.54) is 12.3 Å². The van der Waals surface area contributed by atoms with Crippen LogP contribution in [0.4, 0.5) is 0 Å². The third-order valence-electron chi connectivity index (χ3n) is 1.68. The Morgan fingerprint density at radius 1 is 1.33 bits per heavy atom. The van der Waals surface area contributed by atoms with Crippen molar-refractivity contribution >= 4 is 5.97 Å². The van der Waals surface area contributed by atoms with Gasteiger partial charge in [-0.15, -0.1) is 0 Å². The Hall–Kier alpha value is -1.77. The summed E-state index contributed by atoms with van der Waals surface area (Å²) in [4.78, 5) is 10.9. The van der Waals surface area contributed by atoms with Crippen molar-refractivity contribution in [1.29, 1.82) is 0 Å². The van der Waals surface area contributed by atoms with Gasteiger partial charge in [0.1, 0.15) is 6.61 Å². The maximum atomic E-state index is 10.9. The van der Waals surface area contributed by atoms with E-state index >= 15 is 0 Å². The summed E-state index contributed by atoms with van der Waals surface area (Å²) in [6, 6.07) is 9.73. The van der Waals surface area contributed by atoms with Crippen LogP contribution < -0.4 is 0 Å². The highest BCUT2D eigenvalue weighted by molar-refractivity contribution is 5.81. The molecule has 0 aliphatic rings. The Bertz CT molecular complexity index is 317. The minimum Gasteiger partial charge on any atom is -0.496 e. The maximum absolute atomic E-state index is 10.9. The van der Waals surface area contributed by atoms with E-state index in [4.69, 9.17) is 4.74 Å². The second-order valence-corrected chi connectivity index (χ2v) is 2.85. The highest BCUT2D eigenvalue weighted by atomic mass is 16.5. The molecule has 0 amide bonds. The molecule has 1 aromatic rings. The number of rotatable bonds is 5. The molecule has 0 N–H and O–H groups in total. The van der Waals surface area contributed by atoms with Crippen LogP contribution in [0.1, 0.15) is 12.5 Å². The van der Waals surface area contributed by atoms with Crippen LogP contribution in [0, 0.1) is 0 Å². The molecule has 0 heterocycles. The molecule has 3 heteroatoms. The van der Waals surface area contributed by atoms with Crippen molar-refractivity contribution in [1.82, 2.24) is 0 Å². The minimum atomic E-state index is -0.384. The molecule has 0 fully saturated rings. The predicted octanol–water partition coefficient (Wildman–Crippen LogP) is 2.28. The van der Waals surface area contributed by atoms with Gasteiger partial charge in [-0.25, -0.2) is 4.79 Å². The summed E-state index contributed by atoms with van der Waals surface area (Å²) in [5, 5.41) is 0. The third-order valence-corrected chi connectivity index (χ3v) is 1.68. The normalized spacial score (nSPS) is 10.2. The summed E-state index contributed by atoms with van der Waals surface area (Å²) in [6.45, 7) is 2.59. The van der Waals surface area contributed by atoms with Gasteiger partial charge < -0.3 is 9.47 Å². The molecule has 1 rings (SSSR count). The zero-order valence-electron chi connectivity index (χ0n) is 8.68. The summed E-state index contributed by atoms with van der Waals surface area (Å²) in [7, 11) is 0. The first kappa shape index (κ1) is 11.3. The molecule has 0 spiro atoms. The molecule has 3 nitrogen and oxygen atoms in total. The van der Waals surface area contributed by atoms with Crippen LogP contribution in [-0.4, -0.2) is 12.6 Å². The zero-order chi connectivity index (χ0) is 10.9. The fraction of sp³-hybridized carbons (Fsp3) is 0.250. The summed E-state index contributed by atoms with van der Waals surface area (Å²) in [5.41, 5.74) is 1.06. The molecule has 0 unspecified atom stereocenters. The second kappa shape index (κ2) is 6.65. The van der Waals surface area contributed by atoms with Gasteiger partial charge in [0, 0.05) is 0 Å². The fourth-order valence-corrected chi connectivity index (χ4v) is 1.01. The summed E-state index contributed by atoms with van der Waals surface area (Å²) >= 11 is 0. The molecule has 0 aliphatic carbocycles. The van der Waals surface area contributed by atoms with Crippen LogP contribution in [0.2, 0.25) is 0 Å². The van der Waals surface area contributed by atoms with Crippen molar-refractivity contribution < 1.29 is 14.3 Å². The van der Waals surface area contributed by atoms with E-state index in [-0.39, 0.29) is 5.97 Å². The van der Waals surface area contributed by atoms with Crippen LogP contribution in [0.5, 0.6) is 0 Å². The summed E-state index contributed by atoms with van der Waals surface area (Å²) < 4.78 is 9.84. The number of ether oxygens (including phenoxy) is 2. The summed E-state index contributed by atoms with van der Waals surface area (Å²) in [5.74, 6) is -0.384. The Balaban J connectivity index is 2.24. The van der Waals surface area contributed by atoms with Crippen LogP contribution in [0.25, 0.3) is 0 Å². The molecule has 0 radical (unpaired) electrons. The van der Waals surface area contributed by atoms with Gasteiger partial charge in [0.25, 0.3) is 0 Å². The monoisotopic (exact) mass is 206 g/mol. The molecular weight excluding hydrogens is 192 g/mol. The van der Waals surface area contributed by atoms with E-state index in [2.05, 4.69) is 4.74 Å². The molecule has 1 aromatic carbocycles. The number of hydrogen-bond acceptors (Lipinski definition) is 3. The molecule has 0 saturated heterocycles. The minimum absolute atomic E-state index is 0.377. The molecule has 0 aliphatic heterocycles. The molecule has 80 valence electrons. The highest BCUT2D eigenvalue weighted by Crippen LogP contribution is 2.00. The molecule has 0 aromatic heterocycles. The van der Waals surface area contributed by atoms with E-state index < -0.39 is 0 Å². The SMILES string of the molecule is CCOC(=O)C=COCc1ccccc1.